The standard InChI is InChI=1S/C15H17Cl2NO3/c16-11-6-10(7-12(17)8-11)14(21)18-15(9-13(19)20)4-2-1-3-5-15/h6-8H,1-5,9H2,(H,18,21)(H,19,20). The van der Waals surface area contributed by atoms with E-state index in [1.807, 2.05) is 0 Å². The first-order valence-electron chi connectivity index (χ1n) is 6.91. The highest BCUT2D eigenvalue weighted by Gasteiger charge is 2.36. The molecule has 0 heterocycles. The lowest BCUT2D eigenvalue weighted by Crippen LogP contribution is -2.51. The first kappa shape index (κ1) is 16.1. The number of carbonyl (C=O) groups excluding carboxylic acids is 1. The second-order valence-electron chi connectivity index (χ2n) is 5.52. The number of carboxylic acids is 1. The average Bonchev–Trinajstić information content (AvgIpc) is 2.37. The van der Waals surface area contributed by atoms with Crippen LogP contribution >= 0.6 is 23.2 Å². The molecule has 1 fully saturated rings. The molecule has 21 heavy (non-hydrogen) atoms. The molecule has 0 radical (unpaired) electrons. The minimum absolute atomic E-state index is 0.0625. The van der Waals surface area contributed by atoms with Crippen LogP contribution in [-0.2, 0) is 4.79 Å². The van der Waals surface area contributed by atoms with E-state index in [0.29, 0.717) is 28.5 Å². The second kappa shape index (κ2) is 6.67. The number of amides is 1. The third-order valence-electron chi connectivity index (χ3n) is 3.80. The molecule has 0 aromatic heterocycles. The molecule has 1 aromatic rings. The van der Waals surface area contributed by atoms with Gasteiger partial charge in [0.1, 0.15) is 0 Å². The van der Waals surface area contributed by atoms with Gasteiger partial charge >= 0.3 is 5.97 Å². The highest BCUT2D eigenvalue weighted by Crippen LogP contribution is 2.31. The summed E-state index contributed by atoms with van der Waals surface area (Å²) in [4.78, 5) is 23.5. The number of carbonyl (C=O) groups is 2. The molecule has 0 bridgehead atoms. The van der Waals surface area contributed by atoms with Crippen molar-refractivity contribution in [2.45, 2.75) is 44.1 Å². The first-order valence-corrected chi connectivity index (χ1v) is 7.66. The molecule has 0 unspecified atom stereocenters. The molecule has 1 aromatic carbocycles. The summed E-state index contributed by atoms with van der Waals surface area (Å²) in [6, 6.07) is 4.60. The minimum atomic E-state index is -0.902. The van der Waals surface area contributed by atoms with Crippen molar-refractivity contribution in [3.05, 3.63) is 33.8 Å². The van der Waals surface area contributed by atoms with Crippen molar-refractivity contribution in [3.63, 3.8) is 0 Å². The monoisotopic (exact) mass is 329 g/mol. The van der Waals surface area contributed by atoms with Gasteiger partial charge in [0.2, 0.25) is 0 Å². The fraction of sp³-hybridized carbons (Fsp3) is 0.467. The zero-order chi connectivity index (χ0) is 15.5. The van der Waals surface area contributed by atoms with Crippen LogP contribution in [0.15, 0.2) is 18.2 Å². The lowest BCUT2D eigenvalue weighted by molar-refractivity contribution is -0.139. The number of benzene rings is 1. The molecule has 2 N–H and O–H groups in total. The van der Waals surface area contributed by atoms with Gasteiger partial charge in [0.15, 0.2) is 0 Å². The fourth-order valence-electron chi connectivity index (χ4n) is 2.86. The van der Waals surface area contributed by atoms with Gasteiger partial charge in [0.05, 0.1) is 12.0 Å². The van der Waals surface area contributed by atoms with E-state index in [9.17, 15) is 9.59 Å². The van der Waals surface area contributed by atoms with Crippen LogP contribution in [0.5, 0.6) is 0 Å². The van der Waals surface area contributed by atoms with Gasteiger partial charge in [-0.3, -0.25) is 9.59 Å². The van der Waals surface area contributed by atoms with Crippen molar-refractivity contribution >= 4 is 35.1 Å². The summed E-state index contributed by atoms with van der Waals surface area (Å²) in [5.74, 6) is -1.23. The third-order valence-corrected chi connectivity index (χ3v) is 4.24. The molecule has 1 amide bonds. The van der Waals surface area contributed by atoms with Crippen molar-refractivity contribution in [1.82, 2.24) is 5.32 Å². The maximum absolute atomic E-state index is 12.4. The molecule has 1 aliphatic carbocycles. The Morgan fingerprint density at radius 2 is 1.67 bits per heavy atom. The lowest BCUT2D eigenvalue weighted by atomic mass is 9.79. The number of nitrogens with one attached hydrogen (secondary N) is 1. The number of hydrogen-bond acceptors (Lipinski definition) is 2. The van der Waals surface area contributed by atoms with E-state index >= 15 is 0 Å². The van der Waals surface area contributed by atoms with E-state index < -0.39 is 11.5 Å². The molecule has 6 heteroatoms. The normalized spacial score (nSPS) is 17.2. The molecule has 4 nitrogen and oxygen atoms in total. The predicted octanol–water partition coefficient (Wildman–Crippen LogP) is 3.90. The van der Waals surface area contributed by atoms with Crippen molar-refractivity contribution in [2.75, 3.05) is 0 Å². The van der Waals surface area contributed by atoms with Crippen LogP contribution in [0, 0.1) is 0 Å². The highest BCUT2D eigenvalue weighted by atomic mass is 35.5. The first-order chi connectivity index (χ1) is 9.90. The molecule has 1 saturated carbocycles. The van der Waals surface area contributed by atoms with Crippen LogP contribution in [0.2, 0.25) is 10.0 Å². The molecule has 0 aliphatic heterocycles. The Bertz CT molecular complexity index is 534. The summed E-state index contributed by atoms with van der Waals surface area (Å²) in [6.45, 7) is 0. The van der Waals surface area contributed by atoms with Gasteiger partial charge in [-0.05, 0) is 31.0 Å². The van der Waals surface area contributed by atoms with Crippen molar-refractivity contribution in [3.8, 4) is 0 Å². The Kier molecular flexibility index (Phi) is 5.12. The topological polar surface area (TPSA) is 66.4 Å². The van der Waals surface area contributed by atoms with Gasteiger partial charge in [0.25, 0.3) is 5.91 Å². The maximum atomic E-state index is 12.4. The SMILES string of the molecule is O=C(O)CC1(NC(=O)c2cc(Cl)cc(Cl)c2)CCCCC1. The summed E-state index contributed by atoms with van der Waals surface area (Å²) < 4.78 is 0. The Morgan fingerprint density at radius 3 is 2.19 bits per heavy atom. The van der Waals surface area contributed by atoms with E-state index in [0.717, 1.165) is 19.3 Å². The summed E-state index contributed by atoms with van der Waals surface area (Å²) >= 11 is 11.8. The average molecular weight is 330 g/mol. The van der Waals surface area contributed by atoms with Crippen LogP contribution < -0.4 is 5.32 Å². The molecular weight excluding hydrogens is 313 g/mol. The number of halogens is 2. The Morgan fingerprint density at radius 1 is 1.10 bits per heavy atom. The quantitative estimate of drug-likeness (QED) is 0.880. The molecule has 0 saturated heterocycles. The second-order valence-corrected chi connectivity index (χ2v) is 6.40. The van der Waals surface area contributed by atoms with E-state index in [1.165, 1.54) is 12.1 Å². The predicted molar refractivity (Wildman–Crippen MR) is 82.0 cm³/mol. The lowest BCUT2D eigenvalue weighted by Gasteiger charge is -2.37. The minimum Gasteiger partial charge on any atom is -0.481 e. The van der Waals surface area contributed by atoms with E-state index in [-0.39, 0.29) is 12.3 Å². The van der Waals surface area contributed by atoms with Crippen LogP contribution in [0.4, 0.5) is 0 Å². The van der Waals surface area contributed by atoms with E-state index in [2.05, 4.69) is 5.32 Å². The molecule has 0 atom stereocenters. The number of aliphatic carboxylic acids is 1. The Labute approximate surface area is 133 Å². The fourth-order valence-corrected chi connectivity index (χ4v) is 3.39. The third kappa shape index (κ3) is 4.35. The smallest absolute Gasteiger partial charge is 0.305 e. The van der Waals surface area contributed by atoms with Crippen LogP contribution in [0.25, 0.3) is 0 Å². The van der Waals surface area contributed by atoms with Crippen LogP contribution in [-0.4, -0.2) is 22.5 Å². The summed E-state index contributed by atoms with van der Waals surface area (Å²) in [5.41, 5.74) is -0.321. The zero-order valence-electron chi connectivity index (χ0n) is 11.5. The summed E-state index contributed by atoms with van der Waals surface area (Å²) in [6.07, 6.45) is 4.21. The van der Waals surface area contributed by atoms with Gasteiger partial charge in [-0.15, -0.1) is 0 Å². The van der Waals surface area contributed by atoms with Gasteiger partial charge < -0.3 is 10.4 Å². The Hall–Kier alpha value is -1.26. The molecule has 0 spiro atoms. The zero-order valence-corrected chi connectivity index (χ0v) is 13.0. The summed E-state index contributed by atoms with van der Waals surface area (Å²) in [5, 5.41) is 12.8. The van der Waals surface area contributed by atoms with Crippen molar-refractivity contribution in [2.24, 2.45) is 0 Å². The van der Waals surface area contributed by atoms with Gasteiger partial charge in [0, 0.05) is 15.6 Å². The number of carboxylic acid groups (broad SMARTS) is 1. The van der Waals surface area contributed by atoms with E-state index in [4.69, 9.17) is 28.3 Å². The molecule has 2 rings (SSSR count). The largest absolute Gasteiger partial charge is 0.481 e. The Balaban J connectivity index is 2.19. The van der Waals surface area contributed by atoms with Gasteiger partial charge in [-0.2, -0.15) is 0 Å². The van der Waals surface area contributed by atoms with Gasteiger partial charge in [-0.25, -0.2) is 0 Å². The highest BCUT2D eigenvalue weighted by molar-refractivity contribution is 6.35. The van der Waals surface area contributed by atoms with Crippen LogP contribution in [0.3, 0.4) is 0 Å². The van der Waals surface area contributed by atoms with Crippen LogP contribution in [0.1, 0.15) is 48.9 Å². The number of rotatable bonds is 4. The maximum Gasteiger partial charge on any atom is 0.305 e. The van der Waals surface area contributed by atoms with Crippen molar-refractivity contribution < 1.29 is 14.7 Å². The van der Waals surface area contributed by atoms with Gasteiger partial charge in [-0.1, -0.05) is 42.5 Å². The number of hydrogen-bond donors (Lipinski definition) is 2. The molecule has 1 aliphatic rings. The van der Waals surface area contributed by atoms with E-state index in [1.54, 1.807) is 6.07 Å². The molecular formula is C15H17Cl2NO3. The summed E-state index contributed by atoms with van der Waals surface area (Å²) in [7, 11) is 0. The van der Waals surface area contributed by atoms with Crippen molar-refractivity contribution in [1.29, 1.82) is 0 Å². The molecule has 114 valence electrons.